The molecule has 0 radical (unpaired) electrons. The molecule has 0 saturated carbocycles. The highest BCUT2D eigenvalue weighted by Crippen LogP contribution is 2.36. The predicted molar refractivity (Wildman–Crippen MR) is 99.4 cm³/mol. The minimum absolute atomic E-state index is 0.0844. The van der Waals surface area contributed by atoms with Crippen LogP contribution in [0.3, 0.4) is 0 Å². The summed E-state index contributed by atoms with van der Waals surface area (Å²) >= 11 is 29.2. The maximum Gasteiger partial charge on any atom is 0.359 e. The number of aryl methyl sites for hydroxylation is 1. The Morgan fingerprint density at radius 2 is 1.76 bits per heavy atom. The highest BCUT2D eigenvalue weighted by Gasteiger charge is 2.22. The van der Waals surface area contributed by atoms with Gasteiger partial charge < -0.3 is 10.1 Å². The predicted octanol–water partition coefficient (Wildman–Crippen LogP) is 5.45. The molecule has 0 saturated heterocycles. The lowest BCUT2D eigenvalue weighted by Gasteiger charge is -2.09. The second kappa shape index (κ2) is 8.43. The molecule has 132 valence electrons. The largest absolute Gasteiger partial charge is 0.451 e. The Morgan fingerprint density at radius 3 is 2.40 bits per heavy atom. The lowest BCUT2D eigenvalue weighted by molar-refractivity contribution is -0.119. The summed E-state index contributed by atoms with van der Waals surface area (Å²) in [5.41, 5.74) is 0.987. The molecule has 1 aromatic heterocycles. The summed E-state index contributed by atoms with van der Waals surface area (Å²) in [6, 6.07) is 4.98. The number of aromatic nitrogens is 1. The van der Waals surface area contributed by atoms with Gasteiger partial charge in [-0.3, -0.25) is 4.79 Å². The molecule has 0 unspecified atom stereocenters. The van der Waals surface area contributed by atoms with Gasteiger partial charge in [0.25, 0.3) is 5.91 Å². The lowest BCUT2D eigenvalue weighted by atomic mass is 10.2. The zero-order valence-electron chi connectivity index (χ0n) is 12.5. The van der Waals surface area contributed by atoms with Crippen molar-refractivity contribution in [2.45, 2.75) is 6.92 Å². The highest BCUT2D eigenvalue weighted by atomic mass is 35.5. The van der Waals surface area contributed by atoms with Crippen molar-refractivity contribution in [2.24, 2.45) is 0 Å². The summed E-state index contributed by atoms with van der Waals surface area (Å²) in [6.07, 6.45) is 0. The van der Waals surface area contributed by atoms with Crippen LogP contribution in [-0.2, 0) is 9.53 Å². The number of rotatable bonds is 4. The first-order valence-electron chi connectivity index (χ1n) is 6.63. The van der Waals surface area contributed by atoms with Crippen LogP contribution in [-0.4, -0.2) is 23.5 Å². The minimum atomic E-state index is -0.970. The number of ether oxygens (including phenoxy) is 1. The third kappa shape index (κ3) is 4.90. The number of halogens is 5. The van der Waals surface area contributed by atoms with Gasteiger partial charge in [-0.05, 0) is 24.6 Å². The first kappa shape index (κ1) is 20.1. The third-order valence-corrected chi connectivity index (χ3v) is 5.05. The van der Waals surface area contributed by atoms with Crippen LogP contribution in [0.5, 0.6) is 0 Å². The summed E-state index contributed by atoms with van der Waals surface area (Å²) in [4.78, 5) is 27.6. The quantitative estimate of drug-likeness (QED) is 0.505. The number of anilines is 1. The van der Waals surface area contributed by atoms with Crippen molar-refractivity contribution < 1.29 is 14.3 Å². The first-order chi connectivity index (χ1) is 11.7. The Kier molecular flexibility index (Phi) is 6.77. The van der Waals surface area contributed by atoms with E-state index in [1.54, 1.807) is 18.2 Å². The summed E-state index contributed by atoms with van der Waals surface area (Å²) in [5.74, 6) is -1.54. The number of hydrogen-bond acceptors (Lipinski definition) is 4. The van der Waals surface area contributed by atoms with Gasteiger partial charge in [0.1, 0.15) is 5.15 Å². The summed E-state index contributed by atoms with van der Waals surface area (Å²) < 4.78 is 4.86. The van der Waals surface area contributed by atoms with Gasteiger partial charge in [0.15, 0.2) is 12.3 Å². The van der Waals surface area contributed by atoms with Crippen LogP contribution >= 0.6 is 58.0 Å². The van der Waals surface area contributed by atoms with Gasteiger partial charge in [0.2, 0.25) is 0 Å². The number of pyridine rings is 1. The zero-order chi connectivity index (χ0) is 18.7. The highest BCUT2D eigenvalue weighted by molar-refractivity contribution is 6.52. The van der Waals surface area contributed by atoms with E-state index in [9.17, 15) is 9.59 Å². The molecule has 1 heterocycles. The van der Waals surface area contributed by atoms with Crippen LogP contribution in [0.25, 0.3) is 0 Å². The van der Waals surface area contributed by atoms with Gasteiger partial charge >= 0.3 is 5.97 Å². The second-order valence-corrected chi connectivity index (χ2v) is 6.68. The summed E-state index contributed by atoms with van der Waals surface area (Å²) in [5, 5.41) is 2.40. The van der Waals surface area contributed by atoms with Crippen LogP contribution in [0.15, 0.2) is 18.2 Å². The molecular formula is C15H9Cl5N2O3. The minimum Gasteiger partial charge on any atom is -0.451 e. The lowest BCUT2D eigenvalue weighted by Crippen LogP contribution is -2.21. The van der Waals surface area contributed by atoms with Crippen molar-refractivity contribution in [3.63, 3.8) is 0 Å². The molecule has 1 aromatic carbocycles. The van der Waals surface area contributed by atoms with Gasteiger partial charge in [0.05, 0.1) is 15.1 Å². The molecule has 1 amide bonds. The Morgan fingerprint density at radius 1 is 1.08 bits per heavy atom. The van der Waals surface area contributed by atoms with E-state index < -0.39 is 18.5 Å². The maximum absolute atomic E-state index is 12.0. The molecule has 0 spiro atoms. The molecule has 25 heavy (non-hydrogen) atoms. The van der Waals surface area contributed by atoms with Gasteiger partial charge in [-0.1, -0.05) is 64.1 Å². The topological polar surface area (TPSA) is 68.3 Å². The van der Waals surface area contributed by atoms with E-state index in [2.05, 4.69) is 10.3 Å². The fraction of sp³-hybridized carbons (Fsp3) is 0.133. The Balaban J connectivity index is 2.02. The van der Waals surface area contributed by atoms with Crippen molar-refractivity contribution in [1.29, 1.82) is 0 Å². The number of amides is 1. The van der Waals surface area contributed by atoms with E-state index in [1.165, 1.54) is 0 Å². The van der Waals surface area contributed by atoms with E-state index >= 15 is 0 Å². The van der Waals surface area contributed by atoms with E-state index in [0.29, 0.717) is 10.7 Å². The second-order valence-electron chi connectivity index (χ2n) is 4.78. The van der Waals surface area contributed by atoms with Crippen molar-refractivity contribution in [3.8, 4) is 0 Å². The van der Waals surface area contributed by atoms with Crippen molar-refractivity contribution in [2.75, 3.05) is 11.9 Å². The molecule has 0 aliphatic carbocycles. The van der Waals surface area contributed by atoms with E-state index in [4.69, 9.17) is 62.7 Å². The number of nitrogens with one attached hydrogen (secondary N) is 1. The fourth-order valence-corrected chi connectivity index (χ4v) is 2.68. The van der Waals surface area contributed by atoms with Gasteiger partial charge in [-0.2, -0.15) is 0 Å². The molecule has 0 atom stereocenters. The van der Waals surface area contributed by atoms with E-state index in [1.807, 2.05) is 6.92 Å². The first-order valence-corrected chi connectivity index (χ1v) is 8.52. The van der Waals surface area contributed by atoms with Gasteiger partial charge in [-0.15, -0.1) is 0 Å². The number of carbonyl (C=O) groups excluding carboxylic acids is 2. The normalized spacial score (nSPS) is 10.5. The number of esters is 1. The smallest absolute Gasteiger partial charge is 0.359 e. The van der Waals surface area contributed by atoms with Crippen LogP contribution in [0.4, 0.5) is 5.69 Å². The standard InChI is InChI=1S/C15H9Cl5N2O3/c1-6-2-3-7(4-8(6)16)21-9(23)5-25-15(24)13-11(18)10(17)12(19)14(20)22-13/h2-4H,5H2,1H3,(H,21,23). The van der Waals surface area contributed by atoms with E-state index in [0.717, 1.165) is 5.56 Å². The Labute approximate surface area is 168 Å². The van der Waals surface area contributed by atoms with Gasteiger partial charge in [0, 0.05) is 10.7 Å². The van der Waals surface area contributed by atoms with Crippen LogP contribution in [0.1, 0.15) is 16.1 Å². The van der Waals surface area contributed by atoms with E-state index in [-0.39, 0.29) is 25.9 Å². The molecule has 5 nitrogen and oxygen atoms in total. The SMILES string of the molecule is Cc1ccc(NC(=O)COC(=O)c2nc(Cl)c(Cl)c(Cl)c2Cl)cc1Cl. The maximum atomic E-state index is 12.0. The molecule has 1 N–H and O–H groups in total. The number of benzene rings is 1. The molecule has 10 heteroatoms. The van der Waals surface area contributed by atoms with Crippen molar-refractivity contribution in [1.82, 2.24) is 4.98 Å². The summed E-state index contributed by atoms with van der Waals surface area (Å²) in [6.45, 7) is 1.26. The molecule has 0 aliphatic rings. The summed E-state index contributed by atoms with van der Waals surface area (Å²) in [7, 11) is 0. The number of carbonyl (C=O) groups is 2. The average Bonchev–Trinajstić information content (AvgIpc) is 2.57. The van der Waals surface area contributed by atoms with Crippen molar-refractivity contribution >= 4 is 75.6 Å². The van der Waals surface area contributed by atoms with Gasteiger partial charge in [-0.25, -0.2) is 9.78 Å². The average molecular weight is 443 g/mol. The van der Waals surface area contributed by atoms with Crippen LogP contribution in [0, 0.1) is 6.92 Å². The molecular weight excluding hydrogens is 433 g/mol. The van der Waals surface area contributed by atoms with Crippen LogP contribution < -0.4 is 5.32 Å². The van der Waals surface area contributed by atoms with Crippen molar-refractivity contribution in [3.05, 3.63) is 54.7 Å². The molecule has 0 fully saturated rings. The molecule has 2 aromatic rings. The van der Waals surface area contributed by atoms with Crippen LogP contribution in [0.2, 0.25) is 25.2 Å². The number of nitrogens with zero attached hydrogens (tertiary/aromatic N) is 1. The monoisotopic (exact) mass is 440 g/mol. The zero-order valence-corrected chi connectivity index (χ0v) is 16.3. The fourth-order valence-electron chi connectivity index (χ4n) is 1.69. The Hall–Kier alpha value is -1.24. The number of hydrogen-bond donors (Lipinski definition) is 1. The molecule has 0 aliphatic heterocycles. The Bertz CT molecular complexity index is 858. The third-order valence-electron chi connectivity index (χ3n) is 2.97. The molecule has 0 bridgehead atoms. The molecule has 2 rings (SSSR count).